The van der Waals surface area contributed by atoms with E-state index in [4.69, 9.17) is 9.72 Å². The average molecular weight is 386 g/mol. The highest BCUT2D eigenvalue weighted by Gasteiger charge is 2.14. The van der Waals surface area contributed by atoms with Crippen LogP contribution in [0.25, 0.3) is 21.7 Å². The van der Waals surface area contributed by atoms with Crippen molar-refractivity contribution in [3.63, 3.8) is 0 Å². The van der Waals surface area contributed by atoms with E-state index in [1.807, 2.05) is 36.4 Å². The van der Waals surface area contributed by atoms with Crippen molar-refractivity contribution in [3.8, 4) is 33.2 Å². The second-order valence-corrected chi connectivity index (χ2v) is 7.07. The SMILES string of the molecule is COc1cc(C=Nc2nc(-c3ccccc3)c(-c3ccccc3)s2)ccc1O. The van der Waals surface area contributed by atoms with E-state index in [0.717, 1.165) is 27.3 Å². The lowest BCUT2D eigenvalue weighted by atomic mass is 10.1. The number of benzene rings is 3. The van der Waals surface area contributed by atoms with Crippen LogP contribution in [0.5, 0.6) is 11.5 Å². The summed E-state index contributed by atoms with van der Waals surface area (Å²) in [7, 11) is 1.52. The molecule has 0 aliphatic heterocycles. The fourth-order valence-electron chi connectivity index (χ4n) is 2.85. The van der Waals surface area contributed by atoms with Gasteiger partial charge in [0.1, 0.15) is 0 Å². The molecule has 0 saturated heterocycles. The molecule has 0 saturated carbocycles. The number of aromatic nitrogens is 1. The first-order valence-electron chi connectivity index (χ1n) is 8.77. The molecule has 3 aromatic carbocycles. The molecule has 4 rings (SSSR count). The molecule has 0 fully saturated rings. The third-order valence-electron chi connectivity index (χ3n) is 4.23. The fourth-order valence-corrected chi connectivity index (χ4v) is 3.78. The number of thiazole rings is 1. The van der Waals surface area contributed by atoms with Crippen LogP contribution in [0.4, 0.5) is 5.13 Å². The van der Waals surface area contributed by atoms with Crippen LogP contribution in [-0.4, -0.2) is 23.4 Å². The lowest BCUT2D eigenvalue weighted by Gasteiger charge is -2.02. The molecule has 0 spiro atoms. The summed E-state index contributed by atoms with van der Waals surface area (Å²) in [6.07, 6.45) is 1.73. The summed E-state index contributed by atoms with van der Waals surface area (Å²) in [5, 5.41) is 10.4. The summed E-state index contributed by atoms with van der Waals surface area (Å²) in [5.41, 5.74) is 3.93. The van der Waals surface area contributed by atoms with Crippen LogP contribution in [-0.2, 0) is 0 Å². The fraction of sp³-hybridized carbons (Fsp3) is 0.0435. The van der Waals surface area contributed by atoms with Crippen molar-refractivity contribution in [2.24, 2.45) is 4.99 Å². The summed E-state index contributed by atoms with van der Waals surface area (Å²) >= 11 is 1.55. The van der Waals surface area contributed by atoms with Gasteiger partial charge in [-0.05, 0) is 29.3 Å². The predicted octanol–water partition coefficient (Wildman–Crippen LogP) is 5.94. The van der Waals surface area contributed by atoms with Crippen molar-refractivity contribution >= 4 is 22.7 Å². The van der Waals surface area contributed by atoms with Gasteiger partial charge in [-0.1, -0.05) is 72.0 Å². The van der Waals surface area contributed by atoms with E-state index >= 15 is 0 Å². The van der Waals surface area contributed by atoms with Crippen LogP contribution in [0.2, 0.25) is 0 Å². The maximum atomic E-state index is 9.73. The lowest BCUT2D eigenvalue weighted by Crippen LogP contribution is -1.86. The van der Waals surface area contributed by atoms with Gasteiger partial charge < -0.3 is 9.84 Å². The normalized spacial score (nSPS) is 11.0. The van der Waals surface area contributed by atoms with E-state index in [9.17, 15) is 5.11 Å². The first-order valence-corrected chi connectivity index (χ1v) is 9.59. The molecular weight excluding hydrogens is 368 g/mol. The Balaban J connectivity index is 1.73. The number of aliphatic imine (C=N–C) groups is 1. The molecule has 138 valence electrons. The third kappa shape index (κ3) is 3.80. The molecule has 5 heteroatoms. The Bertz CT molecular complexity index is 1050. The summed E-state index contributed by atoms with van der Waals surface area (Å²) in [6.45, 7) is 0. The van der Waals surface area contributed by atoms with Gasteiger partial charge in [0.05, 0.1) is 17.7 Å². The van der Waals surface area contributed by atoms with Crippen LogP contribution in [0.1, 0.15) is 5.56 Å². The number of aromatic hydroxyl groups is 1. The molecule has 4 nitrogen and oxygen atoms in total. The van der Waals surface area contributed by atoms with Crippen LogP contribution in [0.3, 0.4) is 0 Å². The van der Waals surface area contributed by atoms with Crippen LogP contribution in [0.15, 0.2) is 83.9 Å². The smallest absolute Gasteiger partial charge is 0.210 e. The maximum Gasteiger partial charge on any atom is 0.210 e. The van der Waals surface area contributed by atoms with E-state index in [-0.39, 0.29) is 5.75 Å². The van der Waals surface area contributed by atoms with Gasteiger partial charge in [-0.2, -0.15) is 0 Å². The molecule has 0 aliphatic carbocycles. The number of methoxy groups -OCH3 is 1. The van der Waals surface area contributed by atoms with Crippen molar-refractivity contribution < 1.29 is 9.84 Å². The molecule has 0 aliphatic rings. The minimum Gasteiger partial charge on any atom is -0.504 e. The van der Waals surface area contributed by atoms with Crippen molar-refractivity contribution in [1.82, 2.24) is 4.98 Å². The van der Waals surface area contributed by atoms with Crippen molar-refractivity contribution in [2.45, 2.75) is 0 Å². The molecule has 1 N–H and O–H groups in total. The van der Waals surface area contributed by atoms with Crippen molar-refractivity contribution in [1.29, 1.82) is 0 Å². The zero-order chi connectivity index (χ0) is 19.3. The largest absolute Gasteiger partial charge is 0.504 e. The molecule has 1 heterocycles. The number of phenols is 1. The van der Waals surface area contributed by atoms with Gasteiger partial charge in [-0.3, -0.25) is 0 Å². The van der Waals surface area contributed by atoms with Crippen LogP contribution >= 0.6 is 11.3 Å². The van der Waals surface area contributed by atoms with Gasteiger partial charge in [0.2, 0.25) is 5.13 Å². The molecular formula is C23H18N2O2S. The molecule has 0 amide bonds. The Morgan fingerprint density at radius 1 is 0.929 bits per heavy atom. The number of phenolic OH excluding ortho intramolecular Hbond substituents is 1. The standard InChI is InChI=1S/C23H18N2O2S/c1-27-20-14-16(12-13-19(20)26)15-24-23-25-21(17-8-4-2-5-9-17)22(28-23)18-10-6-3-7-11-18/h2-15,26H,1H3. The molecule has 0 radical (unpaired) electrons. The average Bonchev–Trinajstić information content (AvgIpc) is 3.19. The highest BCUT2D eigenvalue weighted by molar-refractivity contribution is 7.19. The maximum absolute atomic E-state index is 9.73. The van der Waals surface area contributed by atoms with E-state index in [1.165, 1.54) is 7.11 Å². The monoisotopic (exact) mass is 386 g/mol. The van der Waals surface area contributed by atoms with Gasteiger partial charge in [-0.15, -0.1) is 0 Å². The Morgan fingerprint density at radius 3 is 2.29 bits per heavy atom. The summed E-state index contributed by atoms with van der Waals surface area (Å²) in [6, 6.07) is 25.4. The number of hydrogen-bond donors (Lipinski definition) is 1. The van der Waals surface area contributed by atoms with Crippen molar-refractivity contribution in [2.75, 3.05) is 7.11 Å². The number of nitrogens with zero attached hydrogens (tertiary/aromatic N) is 2. The van der Waals surface area contributed by atoms with Crippen molar-refractivity contribution in [3.05, 3.63) is 84.4 Å². The molecule has 4 aromatic rings. The molecule has 0 bridgehead atoms. The predicted molar refractivity (Wildman–Crippen MR) is 115 cm³/mol. The van der Waals surface area contributed by atoms with Crippen LogP contribution in [0, 0.1) is 0 Å². The van der Waals surface area contributed by atoms with E-state index < -0.39 is 0 Å². The lowest BCUT2D eigenvalue weighted by molar-refractivity contribution is 0.373. The third-order valence-corrected chi connectivity index (χ3v) is 5.24. The molecule has 0 unspecified atom stereocenters. The number of hydrogen-bond acceptors (Lipinski definition) is 5. The summed E-state index contributed by atoms with van der Waals surface area (Å²) < 4.78 is 5.15. The minimum absolute atomic E-state index is 0.103. The Morgan fingerprint density at radius 2 is 1.61 bits per heavy atom. The summed E-state index contributed by atoms with van der Waals surface area (Å²) in [4.78, 5) is 10.4. The van der Waals surface area contributed by atoms with Gasteiger partial charge >= 0.3 is 0 Å². The zero-order valence-electron chi connectivity index (χ0n) is 15.2. The van der Waals surface area contributed by atoms with Gasteiger partial charge in [0.25, 0.3) is 0 Å². The minimum atomic E-state index is 0.103. The Hall–Kier alpha value is -3.44. The van der Waals surface area contributed by atoms with Gasteiger partial charge in [-0.25, -0.2) is 9.98 Å². The van der Waals surface area contributed by atoms with Crippen LogP contribution < -0.4 is 4.74 Å². The quantitative estimate of drug-likeness (QED) is 0.432. The Labute approximate surface area is 167 Å². The van der Waals surface area contributed by atoms with Gasteiger partial charge in [0.15, 0.2) is 11.5 Å². The van der Waals surface area contributed by atoms with E-state index in [0.29, 0.717) is 10.9 Å². The number of ether oxygens (including phenoxy) is 1. The topological polar surface area (TPSA) is 54.7 Å². The zero-order valence-corrected chi connectivity index (χ0v) is 16.1. The highest BCUT2D eigenvalue weighted by atomic mass is 32.1. The van der Waals surface area contributed by atoms with E-state index in [1.54, 1.807) is 35.8 Å². The number of rotatable bonds is 5. The highest BCUT2D eigenvalue weighted by Crippen LogP contribution is 2.40. The molecule has 1 aromatic heterocycles. The first kappa shape index (κ1) is 17.9. The molecule has 28 heavy (non-hydrogen) atoms. The first-order chi connectivity index (χ1) is 13.7. The molecule has 0 atom stereocenters. The second kappa shape index (κ2) is 8.06. The van der Waals surface area contributed by atoms with Gasteiger partial charge in [0, 0.05) is 11.8 Å². The second-order valence-electron chi connectivity index (χ2n) is 6.10. The summed E-state index contributed by atoms with van der Waals surface area (Å²) in [5.74, 6) is 0.518. The Kier molecular flexibility index (Phi) is 5.17. The van der Waals surface area contributed by atoms with E-state index in [2.05, 4.69) is 29.3 Å².